The molecule has 2 amide bonds. The summed E-state index contributed by atoms with van der Waals surface area (Å²) in [7, 11) is 1.33. The van der Waals surface area contributed by atoms with E-state index in [1.807, 2.05) is 26.0 Å². The number of carbonyl (C=O) groups is 2. The minimum atomic E-state index is -0.700. The number of ether oxygens (including phenoxy) is 1. The molecule has 0 unspecified atom stereocenters. The van der Waals surface area contributed by atoms with Crippen molar-refractivity contribution in [3.8, 4) is 0 Å². The van der Waals surface area contributed by atoms with Crippen LogP contribution in [-0.4, -0.2) is 46.6 Å². The van der Waals surface area contributed by atoms with Gasteiger partial charge in [-0.2, -0.15) is 0 Å². The van der Waals surface area contributed by atoms with Gasteiger partial charge < -0.3 is 19.9 Å². The number of urea groups is 1. The van der Waals surface area contributed by atoms with Crippen molar-refractivity contribution in [2.75, 3.05) is 13.7 Å². The fourth-order valence-corrected chi connectivity index (χ4v) is 3.62. The van der Waals surface area contributed by atoms with E-state index >= 15 is 0 Å². The van der Waals surface area contributed by atoms with E-state index in [1.54, 1.807) is 23.4 Å². The number of benzene rings is 1. The Kier molecular flexibility index (Phi) is 6.24. The number of nitrogens with zero attached hydrogens (tertiary/aromatic N) is 2. The molecule has 0 radical (unpaired) electrons. The van der Waals surface area contributed by atoms with E-state index in [9.17, 15) is 9.59 Å². The monoisotopic (exact) mass is 404 g/mol. The Morgan fingerprint density at radius 2 is 2.11 bits per heavy atom. The van der Waals surface area contributed by atoms with Gasteiger partial charge in [0.25, 0.3) is 0 Å². The molecule has 2 N–H and O–H groups in total. The van der Waals surface area contributed by atoms with Crippen molar-refractivity contribution >= 4 is 23.6 Å². The molecule has 3 rings (SSSR count). The molecule has 0 spiro atoms. The van der Waals surface area contributed by atoms with E-state index in [4.69, 9.17) is 16.3 Å². The van der Waals surface area contributed by atoms with Crippen LogP contribution in [0.1, 0.15) is 43.3 Å². The quantitative estimate of drug-likeness (QED) is 0.748. The van der Waals surface area contributed by atoms with E-state index in [0.29, 0.717) is 18.0 Å². The first-order valence-electron chi connectivity index (χ1n) is 9.38. The lowest BCUT2D eigenvalue weighted by molar-refractivity contribution is -0.144. The molecule has 28 heavy (non-hydrogen) atoms. The number of amides is 2. The second kappa shape index (κ2) is 8.65. The molecule has 0 aliphatic carbocycles. The molecule has 1 aromatic heterocycles. The molecule has 1 aliphatic heterocycles. The highest BCUT2D eigenvalue weighted by atomic mass is 35.5. The summed E-state index contributed by atoms with van der Waals surface area (Å²) in [6.07, 6.45) is 3.05. The number of hydrogen-bond donors (Lipinski definition) is 2. The summed E-state index contributed by atoms with van der Waals surface area (Å²) in [4.78, 5) is 34.7. The summed E-state index contributed by atoms with van der Waals surface area (Å²) in [6.45, 7) is 4.39. The van der Waals surface area contributed by atoms with Gasteiger partial charge in [0.05, 0.1) is 19.1 Å². The average molecular weight is 405 g/mol. The smallest absolute Gasteiger partial charge is 0.328 e. The maximum Gasteiger partial charge on any atom is 0.328 e. The van der Waals surface area contributed by atoms with Crippen LogP contribution in [0.15, 0.2) is 30.6 Å². The van der Waals surface area contributed by atoms with Crippen molar-refractivity contribution in [3.05, 3.63) is 52.6 Å². The summed E-state index contributed by atoms with van der Waals surface area (Å²) < 4.78 is 4.89. The summed E-state index contributed by atoms with van der Waals surface area (Å²) >= 11 is 6.03. The van der Waals surface area contributed by atoms with Gasteiger partial charge in [0, 0.05) is 23.7 Å². The zero-order chi connectivity index (χ0) is 20.3. The molecule has 2 heterocycles. The lowest BCUT2D eigenvalue weighted by Gasteiger charge is -2.36. The van der Waals surface area contributed by atoms with Crippen molar-refractivity contribution in [3.63, 3.8) is 0 Å². The SMILES string of the molecule is CC[C@H](C)[C@@H](NC(=O)N1CCc2[nH]cnc2[C@@H]1c1ccc(Cl)cc1)C(=O)OC. The summed E-state index contributed by atoms with van der Waals surface area (Å²) in [5.74, 6) is -0.487. The number of nitrogens with one attached hydrogen (secondary N) is 2. The first-order chi connectivity index (χ1) is 13.5. The third-order valence-electron chi connectivity index (χ3n) is 5.32. The third-order valence-corrected chi connectivity index (χ3v) is 5.57. The molecular weight excluding hydrogens is 380 g/mol. The van der Waals surface area contributed by atoms with Gasteiger partial charge in [0.1, 0.15) is 12.1 Å². The molecule has 8 heteroatoms. The lowest BCUT2D eigenvalue weighted by atomic mass is 9.95. The Balaban J connectivity index is 1.91. The van der Waals surface area contributed by atoms with Crippen LogP contribution in [0.4, 0.5) is 4.79 Å². The van der Waals surface area contributed by atoms with Gasteiger partial charge in [0.2, 0.25) is 0 Å². The summed E-state index contributed by atoms with van der Waals surface area (Å²) in [6, 6.07) is 6.00. The topological polar surface area (TPSA) is 87.3 Å². The minimum Gasteiger partial charge on any atom is -0.467 e. The first-order valence-corrected chi connectivity index (χ1v) is 9.76. The number of methoxy groups -OCH3 is 1. The standard InChI is InChI=1S/C20H25ClN4O3/c1-4-12(2)16(19(26)28-3)24-20(27)25-10-9-15-17(23-11-22-15)18(25)13-5-7-14(21)8-6-13/h5-8,11-12,16,18H,4,9-10H2,1-3H3,(H,22,23)(H,24,27)/t12-,16+,18-/m0/s1. The van der Waals surface area contributed by atoms with Crippen molar-refractivity contribution in [1.29, 1.82) is 0 Å². The van der Waals surface area contributed by atoms with Crippen LogP contribution in [0, 0.1) is 5.92 Å². The van der Waals surface area contributed by atoms with Crippen LogP contribution in [-0.2, 0) is 16.0 Å². The lowest BCUT2D eigenvalue weighted by Crippen LogP contribution is -2.53. The highest BCUT2D eigenvalue weighted by Gasteiger charge is 2.36. The fraction of sp³-hybridized carbons (Fsp3) is 0.450. The van der Waals surface area contributed by atoms with Crippen LogP contribution in [0.3, 0.4) is 0 Å². The Morgan fingerprint density at radius 3 is 2.75 bits per heavy atom. The van der Waals surface area contributed by atoms with E-state index in [2.05, 4.69) is 15.3 Å². The van der Waals surface area contributed by atoms with Crippen LogP contribution in [0.25, 0.3) is 0 Å². The molecule has 3 atom stereocenters. The largest absolute Gasteiger partial charge is 0.467 e. The highest BCUT2D eigenvalue weighted by molar-refractivity contribution is 6.30. The van der Waals surface area contributed by atoms with Crippen molar-refractivity contribution in [2.45, 2.75) is 38.8 Å². The fourth-order valence-electron chi connectivity index (χ4n) is 3.49. The number of aromatic nitrogens is 2. The number of H-pyrrole nitrogens is 1. The number of hydrogen-bond acceptors (Lipinski definition) is 4. The van der Waals surface area contributed by atoms with E-state index in [-0.39, 0.29) is 18.0 Å². The predicted molar refractivity (Wildman–Crippen MR) is 106 cm³/mol. The van der Waals surface area contributed by atoms with Crippen LogP contribution < -0.4 is 5.32 Å². The number of rotatable bonds is 5. The van der Waals surface area contributed by atoms with E-state index < -0.39 is 12.0 Å². The maximum absolute atomic E-state index is 13.2. The number of halogens is 1. The third kappa shape index (κ3) is 3.99. The van der Waals surface area contributed by atoms with Gasteiger partial charge in [-0.15, -0.1) is 0 Å². The van der Waals surface area contributed by atoms with Crippen LogP contribution in [0.5, 0.6) is 0 Å². The average Bonchev–Trinajstić information content (AvgIpc) is 3.19. The van der Waals surface area contributed by atoms with Crippen LogP contribution in [0.2, 0.25) is 5.02 Å². The molecule has 0 saturated heterocycles. The molecule has 150 valence electrons. The summed E-state index contributed by atoms with van der Waals surface area (Å²) in [5, 5.41) is 3.50. The molecule has 1 aromatic carbocycles. The highest BCUT2D eigenvalue weighted by Crippen LogP contribution is 2.34. The second-order valence-corrected chi connectivity index (χ2v) is 7.44. The summed E-state index contributed by atoms with van der Waals surface area (Å²) in [5.41, 5.74) is 2.73. The second-order valence-electron chi connectivity index (χ2n) is 7.00. The number of imidazole rings is 1. The van der Waals surface area contributed by atoms with Gasteiger partial charge in [0.15, 0.2) is 0 Å². The van der Waals surface area contributed by atoms with Crippen molar-refractivity contribution < 1.29 is 14.3 Å². The van der Waals surface area contributed by atoms with Crippen molar-refractivity contribution in [1.82, 2.24) is 20.2 Å². The normalized spacial score (nSPS) is 18.1. The Morgan fingerprint density at radius 1 is 1.39 bits per heavy atom. The number of aromatic amines is 1. The molecule has 7 nitrogen and oxygen atoms in total. The van der Waals surface area contributed by atoms with Crippen LogP contribution >= 0.6 is 11.6 Å². The Labute approximate surface area is 169 Å². The molecule has 0 bridgehead atoms. The zero-order valence-corrected chi connectivity index (χ0v) is 17.0. The first kappa shape index (κ1) is 20.2. The van der Waals surface area contributed by atoms with E-state index in [0.717, 1.165) is 23.4 Å². The van der Waals surface area contributed by atoms with Gasteiger partial charge in [-0.1, -0.05) is 44.0 Å². The molecule has 2 aromatic rings. The van der Waals surface area contributed by atoms with E-state index in [1.165, 1.54) is 7.11 Å². The number of fused-ring (bicyclic) bond motifs is 1. The Hall–Kier alpha value is -2.54. The van der Waals surface area contributed by atoms with Crippen molar-refractivity contribution in [2.24, 2.45) is 5.92 Å². The molecule has 0 saturated carbocycles. The zero-order valence-electron chi connectivity index (χ0n) is 16.2. The maximum atomic E-state index is 13.2. The molecule has 1 aliphatic rings. The minimum absolute atomic E-state index is 0.0453. The number of carbonyl (C=O) groups excluding carboxylic acids is 2. The molecular formula is C20H25ClN4O3. The predicted octanol–water partition coefficient (Wildman–Crippen LogP) is 3.31. The Bertz CT molecular complexity index is 836. The molecule has 0 fully saturated rings. The van der Waals surface area contributed by atoms with Gasteiger partial charge in [-0.3, -0.25) is 0 Å². The van der Waals surface area contributed by atoms with Gasteiger partial charge in [-0.25, -0.2) is 14.6 Å². The number of esters is 1. The van der Waals surface area contributed by atoms with Gasteiger partial charge >= 0.3 is 12.0 Å². The van der Waals surface area contributed by atoms with Gasteiger partial charge in [-0.05, 0) is 23.6 Å².